The summed E-state index contributed by atoms with van der Waals surface area (Å²) in [5.74, 6) is 1.10. The van der Waals surface area contributed by atoms with Gasteiger partial charge in [-0.25, -0.2) is 14.1 Å². The van der Waals surface area contributed by atoms with Crippen molar-refractivity contribution < 1.29 is 9.18 Å². The third kappa shape index (κ3) is 1.92. The number of carbonyl (C=O) groups is 1. The van der Waals surface area contributed by atoms with E-state index in [0.29, 0.717) is 18.2 Å². The van der Waals surface area contributed by atoms with E-state index in [2.05, 4.69) is 10.1 Å². The van der Waals surface area contributed by atoms with Crippen molar-refractivity contribution in [2.45, 2.75) is 44.3 Å². The SMILES string of the molecule is O=C(c1nc2n(n1)[C@H](c1ccccc1)C[C@@H]2F)C1(C2CC2)CC1. The number of nitrogens with zero attached hydrogens (tertiary/aromatic N) is 3. The highest BCUT2D eigenvalue weighted by Gasteiger charge is 2.60. The van der Waals surface area contributed by atoms with Gasteiger partial charge in [-0.3, -0.25) is 4.79 Å². The number of ketones is 1. The van der Waals surface area contributed by atoms with E-state index < -0.39 is 6.17 Å². The number of aromatic nitrogens is 3. The number of hydrogen-bond acceptors (Lipinski definition) is 3. The molecule has 3 aliphatic rings. The topological polar surface area (TPSA) is 47.8 Å². The van der Waals surface area contributed by atoms with Gasteiger partial charge in [-0.15, -0.1) is 5.10 Å². The summed E-state index contributed by atoms with van der Waals surface area (Å²) in [6.07, 6.45) is 3.37. The van der Waals surface area contributed by atoms with Crippen LogP contribution in [0.1, 0.15) is 66.3 Å². The zero-order valence-electron chi connectivity index (χ0n) is 12.8. The van der Waals surface area contributed by atoms with Crippen molar-refractivity contribution in [2.75, 3.05) is 0 Å². The van der Waals surface area contributed by atoms with Crippen LogP contribution in [0.25, 0.3) is 0 Å². The Labute approximate surface area is 133 Å². The molecule has 118 valence electrons. The highest BCUT2D eigenvalue weighted by atomic mass is 19.1. The number of halogens is 1. The Morgan fingerprint density at radius 2 is 1.96 bits per heavy atom. The lowest BCUT2D eigenvalue weighted by Crippen LogP contribution is -2.20. The van der Waals surface area contributed by atoms with E-state index in [-0.39, 0.29) is 23.1 Å². The number of benzene rings is 1. The van der Waals surface area contributed by atoms with Crippen molar-refractivity contribution in [1.29, 1.82) is 0 Å². The van der Waals surface area contributed by atoms with E-state index in [9.17, 15) is 9.18 Å². The molecule has 1 aromatic carbocycles. The lowest BCUT2D eigenvalue weighted by molar-refractivity contribution is 0.0869. The maximum Gasteiger partial charge on any atom is 0.218 e. The molecule has 0 bridgehead atoms. The molecule has 2 aliphatic carbocycles. The van der Waals surface area contributed by atoms with E-state index in [1.54, 1.807) is 4.68 Å². The first kappa shape index (κ1) is 13.4. The second-order valence-electron chi connectivity index (χ2n) is 7.13. The largest absolute Gasteiger partial charge is 0.290 e. The Hall–Kier alpha value is -2.04. The molecule has 4 nitrogen and oxygen atoms in total. The van der Waals surface area contributed by atoms with E-state index in [0.717, 1.165) is 31.2 Å². The molecule has 0 spiro atoms. The third-order valence-electron chi connectivity index (χ3n) is 5.65. The van der Waals surface area contributed by atoms with Crippen LogP contribution >= 0.6 is 0 Å². The fourth-order valence-electron chi connectivity index (χ4n) is 4.04. The van der Waals surface area contributed by atoms with Gasteiger partial charge in [0.05, 0.1) is 6.04 Å². The summed E-state index contributed by atoms with van der Waals surface area (Å²) in [6, 6.07) is 9.61. The molecule has 23 heavy (non-hydrogen) atoms. The van der Waals surface area contributed by atoms with Gasteiger partial charge in [-0.1, -0.05) is 30.3 Å². The number of carbonyl (C=O) groups excluding carboxylic acids is 1. The Bertz CT molecular complexity index is 777. The van der Waals surface area contributed by atoms with Crippen molar-refractivity contribution in [2.24, 2.45) is 11.3 Å². The van der Waals surface area contributed by atoms with Crippen LogP contribution in [0.3, 0.4) is 0 Å². The molecule has 5 rings (SSSR count). The molecule has 0 N–H and O–H groups in total. The number of fused-ring (bicyclic) bond motifs is 1. The third-order valence-corrected chi connectivity index (χ3v) is 5.65. The molecule has 0 unspecified atom stereocenters. The minimum atomic E-state index is -1.15. The van der Waals surface area contributed by atoms with Crippen LogP contribution in [-0.2, 0) is 0 Å². The van der Waals surface area contributed by atoms with E-state index >= 15 is 0 Å². The Kier molecular flexibility index (Phi) is 2.62. The van der Waals surface area contributed by atoms with Gasteiger partial charge in [0.25, 0.3) is 0 Å². The summed E-state index contributed by atoms with van der Waals surface area (Å²) in [6.45, 7) is 0. The first-order valence-corrected chi connectivity index (χ1v) is 8.39. The highest BCUT2D eigenvalue weighted by Crippen LogP contribution is 2.62. The zero-order valence-corrected chi connectivity index (χ0v) is 12.8. The van der Waals surface area contributed by atoms with Gasteiger partial charge in [-0.05, 0) is 37.2 Å². The molecule has 0 saturated heterocycles. The van der Waals surface area contributed by atoms with Gasteiger partial charge in [-0.2, -0.15) is 0 Å². The van der Waals surface area contributed by atoms with Crippen molar-refractivity contribution in [3.05, 3.63) is 47.5 Å². The van der Waals surface area contributed by atoms with Crippen LogP contribution in [0.2, 0.25) is 0 Å². The molecule has 1 aliphatic heterocycles. The predicted octanol–water partition coefficient (Wildman–Crippen LogP) is 3.65. The summed E-state index contributed by atoms with van der Waals surface area (Å²) in [5.41, 5.74) is 0.803. The number of rotatable bonds is 4. The van der Waals surface area contributed by atoms with Crippen molar-refractivity contribution in [3.63, 3.8) is 0 Å². The Morgan fingerprint density at radius 1 is 1.22 bits per heavy atom. The van der Waals surface area contributed by atoms with E-state index in [1.165, 1.54) is 0 Å². The maximum absolute atomic E-state index is 14.4. The van der Waals surface area contributed by atoms with E-state index in [4.69, 9.17) is 0 Å². The molecule has 2 saturated carbocycles. The molecule has 5 heteroatoms. The minimum Gasteiger partial charge on any atom is -0.290 e. The highest BCUT2D eigenvalue weighted by molar-refractivity contribution is 5.99. The molecule has 1 aromatic heterocycles. The molecule has 2 aromatic rings. The van der Waals surface area contributed by atoms with Crippen LogP contribution in [-0.4, -0.2) is 20.5 Å². The molecule has 0 amide bonds. The Balaban J connectivity index is 1.51. The lowest BCUT2D eigenvalue weighted by Gasteiger charge is -2.12. The maximum atomic E-state index is 14.4. The number of hydrogen-bond donors (Lipinski definition) is 0. The minimum absolute atomic E-state index is 0.0425. The average molecular weight is 311 g/mol. The smallest absolute Gasteiger partial charge is 0.218 e. The van der Waals surface area contributed by atoms with Crippen LogP contribution in [0.15, 0.2) is 30.3 Å². The summed E-state index contributed by atoms with van der Waals surface area (Å²) < 4.78 is 16.0. The normalized spacial score (nSPS) is 27.7. The van der Waals surface area contributed by atoms with E-state index in [1.807, 2.05) is 30.3 Å². The molecular formula is C18H18FN3O. The number of Topliss-reactive ketones (excluding diaryl/α,β-unsaturated/α-hetero) is 1. The number of alkyl halides is 1. The van der Waals surface area contributed by atoms with Crippen LogP contribution in [0.5, 0.6) is 0 Å². The molecule has 2 heterocycles. The fraction of sp³-hybridized carbons (Fsp3) is 0.500. The summed E-state index contributed by atoms with van der Waals surface area (Å²) in [4.78, 5) is 17.1. The summed E-state index contributed by atoms with van der Waals surface area (Å²) in [7, 11) is 0. The van der Waals surface area contributed by atoms with Crippen molar-refractivity contribution >= 4 is 5.78 Å². The van der Waals surface area contributed by atoms with Crippen LogP contribution in [0, 0.1) is 11.3 Å². The first-order valence-electron chi connectivity index (χ1n) is 8.39. The van der Waals surface area contributed by atoms with Gasteiger partial charge in [0.1, 0.15) is 0 Å². The second-order valence-corrected chi connectivity index (χ2v) is 7.13. The quantitative estimate of drug-likeness (QED) is 0.810. The molecule has 2 atom stereocenters. The van der Waals surface area contributed by atoms with Crippen molar-refractivity contribution in [3.8, 4) is 0 Å². The molecular weight excluding hydrogens is 293 g/mol. The fourth-order valence-corrected chi connectivity index (χ4v) is 4.04. The predicted molar refractivity (Wildman–Crippen MR) is 81.8 cm³/mol. The van der Waals surface area contributed by atoms with Crippen molar-refractivity contribution in [1.82, 2.24) is 14.8 Å². The molecule has 0 radical (unpaired) electrons. The van der Waals surface area contributed by atoms with Gasteiger partial charge in [0.2, 0.25) is 11.6 Å². The lowest BCUT2D eigenvalue weighted by atomic mass is 9.94. The summed E-state index contributed by atoms with van der Waals surface area (Å²) >= 11 is 0. The standard InChI is InChI=1S/C18H18FN3O/c19-13-10-14(11-4-2-1-3-5-11)22-17(13)20-16(21-22)15(23)18(8-9-18)12-6-7-12/h1-5,12-14H,6-10H2/t13-,14-/m0/s1. The van der Waals surface area contributed by atoms with Gasteiger partial charge >= 0.3 is 0 Å². The molecule has 2 fully saturated rings. The van der Waals surface area contributed by atoms with Gasteiger partial charge in [0.15, 0.2) is 12.0 Å². The second kappa shape index (κ2) is 4.49. The zero-order chi connectivity index (χ0) is 15.6. The Morgan fingerprint density at radius 3 is 2.61 bits per heavy atom. The van der Waals surface area contributed by atoms with Crippen LogP contribution < -0.4 is 0 Å². The first-order chi connectivity index (χ1) is 11.2. The van der Waals surface area contributed by atoms with Crippen LogP contribution in [0.4, 0.5) is 4.39 Å². The van der Waals surface area contributed by atoms with Gasteiger partial charge in [0, 0.05) is 11.8 Å². The average Bonchev–Trinajstić information content (AvgIpc) is 3.47. The van der Waals surface area contributed by atoms with Gasteiger partial charge < -0.3 is 0 Å². The monoisotopic (exact) mass is 311 g/mol. The summed E-state index contributed by atoms with van der Waals surface area (Å²) in [5, 5.41) is 4.43.